The highest BCUT2D eigenvalue weighted by Crippen LogP contribution is 2.43. The number of fused-ring (bicyclic) bond motifs is 2. The van der Waals surface area contributed by atoms with Crippen LogP contribution in [0.4, 0.5) is 5.69 Å². The van der Waals surface area contributed by atoms with E-state index in [0.29, 0.717) is 0 Å². The van der Waals surface area contributed by atoms with Crippen LogP contribution in [0.1, 0.15) is 5.56 Å². The van der Waals surface area contributed by atoms with E-state index >= 15 is 0 Å². The van der Waals surface area contributed by atoms with E-state index in [2.05, 4.69) is 82.8 Å². The number of hydrogen-bond donors (Lipinski definition) is 3. The van der Waals surface area contributed by atoms with Crippen LogP contribution in [0.15, 0.2) is 164 Å². The van der Waals surface area contributed by atoms with E-state index in [1.165, 1.54) is 38.2 Å². The minimum atomic E-state index is 0.245. The van der Waals surface area contributed by atoms with E-state index in [1.807, 2.05) is 73.2 Å². The molecule has 0 bridgehead atoms. The molecule has 2 aromatic heterocycles. The molecule has 0 radical (unpaired) electrons. The Hall–Kier alpha value is -6.46. The summed E-state index contributed by atoms with van der Waals surface area (Å²) in [6.07, 6.45) is 12.6. The highest BCUT2D eigenvalue weighted by molar-refractivity contribution is 6.50. The molecule has 4 N–H and O–H groups in total. The lowest BCUT2D eigenvalue weighted by Crippen LogP contribution is -2.09. The molecule has 47 heavy (non-hydrogen) atoms. The molecular formula is C42H31N5. The summed E-state index contributed by atoms with van der Waals surface area (Å²) in [4.78, 5) is 8.49. The molecule has 224 valence electrons. The fourth-order valence-corrected chi connectivity index (χ4v) is 6.05. The third kappa shape index (κ3) is 5.98. The zero-order valence-electron chi connectivity index (χ0n) is 25.6. The predicted octanol–water partition coefficient (Wildman–Crippen LogP) is 10.0. The maximum Gasteiger partial charge on any atom is 0.0795 e. The summed E-state index contributed by atoms with van der Waals surface area (Å²) < 4.78 is 0. The Bertz CT molecular complexity index is 2260. The summed E-state index contributed by atoms with van der Waals surface area (Å²) in [5.74, 6) is 0. The molecule has 0 aliphatic heterocycles. The molecule has 1 aliphatic carbocycles. The van der Waals surface area contributed by atoms with Gasteiger partial charge in [-0.3, -0.25) is 20.8 Å². The SMILES string of the molecule is N=C1C=CC(c2cccc(-c3cccnc3)c2)=CC1=N.Nc1ccc(-c2c3ccccc3c(-c3cccnc3)c3ccccc23)cc1. The van der Waals surface area contributed by atoms with Crippen LogP contribution in [-0.2, 0) is 0 Å². The molecular weight excluding hydrogens is 574 g/mol. The van der Waals surface area contributed by atoms with Gasteiger partial charge in [0, 0.05) is 41.6 Å². The van der Waals surface area contributed by atoms with Crippen LogP contribution < -0.4 is 5.73 Å². The quantitative estimate of drug-likeness (QED) is 0.106. The fourth-order valence-electron chi connectivity index (χ4n) is 6.05. The van der Waals surface area contributed by atoms with Gasteiger partial charge in [-0.2, -0.15) is 0 Å². The number of nitrogen functional groups attached to an aromatic ring is 1. The Morgan fingerprint density at radius 3 is 1.53 bits per heavy atom. The lowest BCUT2D eigenvalue weighted by molar-refractivity contribution is 1.33. The number of anilines is 1. The zero-order valence-corrected chi connectivity index (χ0v) is 25.6. The first-order chi connectivity index (χ1) is 23.1. The highest BCUT2D eigenvalue weighted by atomic mass is 14.6. The Morgan fingerprint density at radius 1 is 0.447 bits per heavy atom. The molecule has 5 nitrogen and oxygen atoms in total. The number of nitrogens with one attached hydrogen (secondary N) is 2. The number of allylic oxidation sites excluding steroid dienone is 4. The van der Waals surface area contributed by atoms with Crippen molar-refractivity contribution >= 4 is 44.2 Å². The van der Waals surface area contributed by atoms with Gasteiger partial charge in [0.1, 0.15) is 0 Å². The molecule has 0 atom stereocenters. The highest BCUT2D eigenvalue weighted by Gasteiger charge is 2.16. The average Bonchev–Trinajstić information content (AvgIpc) is 3.13. The van der Waals surface area contributed by atoms with Crippen LogP contribution in [0, 0.1) is 10.8 Å². The molecule has 0 saturated heterocycles. The number of hydrogen-bond acceptors (Lipinski definition) is 5. The Morgan fingerprint density at radius 2 is 0.979 bits per heavy atom. The van der Waals surface area contributed by atoms with Crippen molar-refractivity contribution in [3.63, 3.8) is 0 Å². The van der Waals surface area contributed by atoms with Crippen LogP contribution in [0.2, 0.25) is 0 Å². The van der Waals surface area contributed by atoms with Gasteiger partial charge in [-0.15, -0.1) is 0 Å². The molecule has 2 heterocycles. The topological polar surface area (TPSA) is 99.5 Å². The predicted molar refractivity (Wildman–Crippen MR) is 197 cm³/mol. The maximum absolute atomic E-state index is 7.73. The first-order valence-corrected chi connectivity index (χ1v) is 15.3. The van der Waals surface area contributed by atoms with E-state index in [1.54, 1.807) is 18.3 Å². The summed E-state index contributed by atoms with van der Waals surface area (Å²) in [6.45, 7) is 0. The maximum atomic E-state index is 7.73. The van der Waals surface area contributed by atoms with E-state index in [9.17, 15) is 0 Å². The second kappa shape index (κ2) is 12.9. The number of pyridine rings is 2. The average molecular weight is 606 g/mol. The van der Waals surface area contributed by atoms with Crippen LogP contribution in [0.25, 0.3) is 60.5 Å². The molecule has 8 rings (SSSR count). The van der Waals surface area contributed by atoms with Crippen LogP contribution in [0.5, 0.6) is 0 Å². The molecule has 7 aromatic rings. The first kappa shape index (κ1) is 29.3. The van der Waals surface area contributed by atoms with Gasteiger partial charge >= 0.3 is 0 Å². The van der Waals surface area contributed by atoms with Gasteiger partial charge in [-0.05, 0) is 97.4 Å². The molecule has 0 unspecified atom stereocenters. The summed E-state index contributed by atoms with van der Waals surface area (Å²) >= 11 is 0. The minimum absolute atomic E-state index is 0.245. The van der Waals surface area contributed by atoms with E-state index in [4.69, 9.17) is 16.6 Å². The van der Waals surface area contributed by atoms with Crippen molar-refractivity contribution in [2.75, 3.05) is 5.73 Å². The third-order valence-corrected chi connectivity index (χ3v) is 8.29. The molecule has 0 fully saturated rings. The molecule has 5 aromatic carbocycles. The smallest absolute Gasteiger partial charge is 0.0795 e. The van der Waals surface area contributed by atoms with Crippen molar-refractivity contribution in [2.45, 2.75) is 0 Å². The van der Waals surface area contributed by atoms with Crippen molar-refractivity contribution in [1.29, 1.82) is 10.8 Å². The largest absolute Gasteiger partial charge is 0.399 e. The van der Waals surface area contributed by atoms with Crippen molar-refractivity contribution in [3.05, 3.63) is 170 Å². The third-order valence-electron chi connectivity index (χ3n) is 8.29. The number of nitrogens with two attached hydrogens (primary N) is 1. The van der Waals surface area contributed by atoms with Crippen LogP contribution in [-0.4, -0.2) is 21.4 Å². The fraction of sp³-hybridized carbons (Fsp3) is 0. The van der Waals surface area contributed by atoms with E-state index in [-0.39, 0.29) is 11.4 Å². The number of aromatic nitrogens is 2. The summed E-state index contributed by atoms with van der Waals surface area (Å²) in [5.41, 5.74) is 16.1. The van der Waals surface area contributed by atoms with Gasteiger partial charge < -0.3 is 5.73 Å². The first-order valence-electron chi connectivity index (χ1n) is 15.3. The van der Waals surface area contributed by atoms with Gasteiger partial charge in [-0.1, -0.05) is 97.1 Å². The minimum Gasteiger partial charge on any atom is -0.399 e. The Balaban J connectivity index is 0.000000157. The van der Waals surface area contributed by atoms with E-state index in [0.717, 1.165) is 33.5 Å². The second-order valence-electron chi connectivity index (χ2n) is 11.3. The molecule has 1 aliphatic rings. The Kier molecular flexibility index (Phi) is 8.02. The molecule has 0 amide bonds. The number of nitrogens with zero attached hydrogens (tertiary/aromatic N) is 2. The van der Waals surface area contributed by atoms with Crippen molar-refractivity contribution in [1.82, 2.24) is 9.97 Å². The molecule has 5 heteroatoms. The molecule has 0 spiro atoms. The molecule has 0 saturated carbocycles. The van der Waals surface area contributed by atoms with Crippen molar-refractivity contribution in [3.8, 4) is 33.4 Å². The van der Waals surface area contributed by atoms with Crippen LogP contribution >= 0.6 is 0 Å². The monoisotopic (exact) mass is 605 g/mol. The van der Waals surface area contributed by atoms with Gasteiger partial charge in [0.05, 0.1) is 11.4 Å². The van der Waals surface area contributed by atoms with Crippen molar-refractivity contribution < 1.29 is 0 Å². The summed E-state index contributed by atoms with van der Waals surface area (Å²) in [7, 11) is 0. The van der Waals surface area contributed by atoms with Gasteiger partial charge in [0.2, 0.25) is 0 Å². The standard InChI is InChI=1S/C25H18N2.C17H13N3/c26-19-13-11-17(12-14-19)24-20-7-1-3-9-22(20)25(18-6-5-15-27-16-18)23-10-4-2-8-21(23)24;18-16-7-6-14(10-17(16)19)12-3-1-4-13(9-12)15-5-2-8-20-11-15/h1-16H,26H2;1-11,18-19H. The van der Waals surface area contributed by atoms with E-state index < -0.39 is 0 Å². The normalized spacial score (nSPS) is 12.5. The summed E-state index contributed by atoms with van der Waals surface area (Å²) in [5, 5.41) is 20.2. The van der Waals surface area contributed by atoms with Gasteiger partial charge in [-0.25, -0.2) is 0 Å². The lowest BCUT2D eigenvalue weighted by Gasteiger charge is -2.17. The second-order valence-corrected chi connectivity index (χ2v) is 11.3. The Labute approximate surface area is 273 Å². The van der Waals surface area contributed by atoms with Crippen LogP contribution in [0.3, 0.4) is 0 Å². The van der Waals surface area contributed by atoms with Gasteiger partial charge in [0.25, 0.3) is 0 Å². The van der Waals surface area contributed by atoms with Gasteiger partial charge in [0.15, 0.2) is 0 Å². The summed E-state index contributed by atoms with van der Waals surface area (Å²) in [6, 6.07) is 41.5. The zero-order chi connectivity index (χ0) is 32.2. The number of benzene rings is 5. The lowest BCUT2D eigenvalue weighted by atomic mass is 9.86. The number of rotatable bonds is 4. The van der Waals surface area contributed by atoms with Crippen molar-refractivity contribution in [2.24, 2.45) is 0 Å².